The summed E-state index contributed by atoms with van der Waals surface area (Å²) in [4.78, 5) is 16.7. The number of amides is 1. The fourth-order valence-electron chi connectivity index (χ4n) is 2.38. The molecule has 0 bridgehead atoms. The number of carbonyl (C=O) groups is 1. The molecule has 1 aromatic carbocycles. The van der Waals surface area contributed by atoms with Crippen LogP contribution in [0.4, 0.5) is 0 Å². The van der Waals surface area contributed by atoms with Gasteiger partial charge in [0.1, 0.15) is 0 Å². The fraction of sp³-hybridized carbons (Fsp3) is 0.250. The van der Waals surface area contributed by atoms with E-state index in [1.165, 1.54) is 0 Å². The largest absolute Gasteiger partial charge is 0.347 e. The lowest BCUT2D eigenvalue weighted by molar-refractivity contribution is 0.0935. The Bertz CT molecular complexity index is 861. The number of rotatable bonds is 4. The molecule has 0 aliphatic heterocycles. The summed E-state index contributed by atoms with van der Waals surface area (Å²) in [6, 6.07) is 9.56. The Morgan fingerprint density at radius 3 is 2.72 bits per heavy atom. The van der Waals surface area contributed by atoms with Crippen LogP contribution in [0, 0.1) is 6.92 Å². The van der Waals surface area contributed by atoms with Crippen molar-refractivity contribution in [1.29, 1.82) is 0 Å². The van der Waals surface area contributed by atoms with Gasteiger partial charge in [-0.05, 0) is 26.0 Å². The molecule has 0 spiro atoms. The number of pyridine rings is 1. The number of nitrogens with two attached hydrogens (primary N) is 1. The van der Waals surface area contributed by atoms with Crippen LogP contribution in [0.3, 0.4) is 0 Å². The van der Waals surface area contributed by atoms with E-state index in [9.17, 15) is 4.79 Å². The van der Waals surface area contributed by atoms with Crippen LogP contribution in [-0.2, 0) is 0 Å². The lowest BCUT2D eigenvalue weighted by atomic mass is 10.2. The standard InChI is InChI=1S/C16H18N6O.2ClH/c1-10(9-17)19-16(23)14-11(2)22(21-20-14)13-7-3-5-12-6-4-8-18-15(12)13;;/h3-8,10H,9,17H2,1-2H3,(H,19,23);2*1H/t10-;;/m0../s1. The third-order valence-electron chi connectivity index (χ3n) is 3.68. The molecule has 2 heterocycles. The van der Waals surface area contributed by atoms with E-state index in [1.54, 1.807) is 10.9 Å². The molecule has 7 nitrogen and oxygen atoms in total. The molecule has 3 N–H and O–H groups in total. The van der Waals surface area contributed by atoms with Crippen LogP contribution in [0.5, 0.6) is 0 Å². The van der Waals surface area contributed by atoms with Crippen LogP contribution in [0.2, 0.25) is 0 Å². The molecular weight excluding hydrogens is 363 g/mol. The maximum absolute atomic E-state index is 12.2. The van der Waals surface area contributed by atoms with Gasteiger partial charge in [-0.25, -0.2) is 4.68 Å². The van der Waals surface area contributed by atoms with Gasteiger partial charge in [0.2, 0.25) is 0 Å². The molecule has 0 unspecified atom stereocenters. The summed E-state index contributed by atoms with van der Waals surface area (Å²) in [5, 5.41) is 11.9. The van der Waals surface area contributed by atoms with Crippen molar-refractivity contribution in [2.75, 3.05) is 6.54 Å². The summed E-state index contributed by atoms with van der Waals surface area (Å²) in [7, 11) is 0. The zero-order valence-corrected chi connectivity index (χ0v) is 15.5. The summed E-state index contributed by atoms with van der Waals surface area (Å²) in [5.41, 5.74) is 8.08. The van der Waals surface area contributed by atoms with Crippen molar-refractivity contribution in [2.24, 2.45) is 5.73 Å². The van der Waals surface area contributed by atoms with Crippen LogP contribution in [0.15, 0.2) is 36.5 Å². The van der Waals surface area contributed by atoms with Gasteiger partial charge in [0.05, 0.1) is 16.9 Å². The molecule has 0 radical (unpaired) electrons. The molecule has 0 saturated heterocycles. The predicted molar refractivity (Wildman–Crippen MR) is 102 cm³/mol. The number of hydrogen-bond donors (Lipinski definition) is 2. The van der Waals surface area contributed by atoms with E-state index in [-0.39, 0.29) is 36.8 Å². The number of para-hydroxylation sites is 1. The number of halogens is 2. The van der Waals surface area contributed by atoms with Gasteiger partial charge in [-0.1, -0.05) is 23.4 Å². The molecule has 3 aromatic rings. The number of hydrogen-bond acceptors (Lipinski definition) is 5. The number of benzene rings is 1. The quantitative estimate of drug-likeness (QED) is 0.719. The summed E-state index contributed by atoms with van der Waals surface area (Å²) in [6.07, 6.45) is 1.73. The third kappa shape index (κ3) is 4.07. The van der Waals surface area contributed by atoms with Gasteiger partial charge in [-0.15, -0.1) is 29.9 Å². The van der Waals surface area contributed by atoms with E-state index in [0.29, 0.717) is 17.9 Å². The van der Waals surface area contributed by atoms with Crippen LogP contribution in [0.1, 0.15) is 23.1 Å². The Labute approximate surface area is 157 Å². The molecule has 1 amide bonds. The van der Waals surface area contributed by atoms with Gasteiger partial charge in [-0.3, -0.25) is 9.78 Å². The van der Waals surface area contributed by atoms with E-state index < -0.39 is 0 Å². The summed E-state index contributed by atoms with van der Waals surface area (Å²) in [5.74, 6) is -0.278. The van der Waals surface area contributed by atoms with Crippen molar-refractivity contribution in [3.05, 3.63) is 47.9 Å². The number of nitrogens with zero attached hydrogens (tertiary/aromatic N) is 4. The second kappa shape index (κ2) is 8.75. The fourth-order valence-corrected chi connectivity index (χ4v) is 2.38. The Kier molecular flexibility index (Phi) is 7.29. The first-order chi connectivity index (χ1) is 11.1. The molecular formula is C16H20Cl2N6O. The maximum Gasteiger partial charge on any atom is 0.274 e. The average Bonchev–Trinajstić information content (AvgIpc) is 2.95. The van der Waals surface area contributed by atoms with Crippen molar-refractivity contribution >= 4 is 41.6 Å². The Morgan fingerprint density at radius 1 is 1.28 bits per heavy atom. The van der Waals surface area contributed by atoms with E-state index in [2.05, 4.69) is 20.6 Å². The predicted octanol–water partition coefficient (Wildman–Crippen LogP) is 2.04. The average molecular weight is 383 g/mol. The van der Waals surface area contributed by atoms with E-state index >= 15 is 0 Å². The maximum atomic E-state index is 12.2. The van der Waals surface area contributed by atoms with Crippen molar-refractivity contribution < 1.29 is 4.79 Å². The molecule has 3 rings (SSSR count). The highest BCUT2D eigenvalue weighted by Crippen LogP contribution is 2.21. The lowest BCUT2D eigenvalue weighted by Gasteiger charge is -2.10. The van der Waals surface area contributed by atoms with Gasteiger partial charge >= 0.3 is 0 Å². The van der Waals surface area contributed by atoms with E-state index in [0.717, 1.165) is 16.6 Å². The summed E-state index contributed by atoms with van der Waals surface area (Å²) < 4.78 is 1.64. The van der Waals surface area contributed by atoms with Gasteiger partial charge in [0.25, 0.3) is 5.91 Å². The number of aromatic nitrogens is 4. The monoisotopic (exact) mass is 382 g/mol. The Hall–Kier alpha value is -2.22. The highest BCUT2D eigenvalue weighted by atomic mass is 35.5. The smallest absolute Gasteiger partial charge is 0.274 e. The van der Waals surface area contributed by atoms with Gasteiger partial charge in [0.15, 0.2) is 5.69 Å². The first-order valence-electron chi connectivity index (χ1n) is 7.39. The van der Waals surface area contributed by atoms with Crippen LogP contribution in [-0.4, -0.2) is 38.5 Å². The summed E-state index contributed by atoms with van der Waals surface area (Å²) >= 11 is 0. The number of carbonyl (C=O) groups excluding carboxylic acids is 1. The summed E-state index contributed by atoms with van der Waals surface area (Å²) in [6.45, 7) is 4.02. The molecule has 9 heteroatoms. The number of fused-ring (bicyclic) bond motifs is 1. The zero-order valence-electron chi connectivity index (χ0n) is 13.8. The molecule has 25 heavy (non-hydrogen) atoms. The molecule has 0 aliphatic rings. The van der Waals surface area contributed by atoms with Gasteiger partial charge < -0.3 is 11.1 Å². The molecule has 134 valence electrons. The normalized spacial score (nSPS) is 11.3. The minimum atomic E-state index is -0.278. The SMILES string of the molecule is Cc1c(C(=O)N[C@@H](C)CN)nnn1-c1cccc2cccnc12.Cl.Cl. The topological polar surface area (TPSA) is 98.7 Å². The van der Waals surface area contributed by atoms with Gasteiger partial charge in [-0.2, -0.15) is 0 Å². The van der Waals surface area contributed by atoms with Crippen molar-refractivity contribution in [3.8, 4) is 5.69 Å². The van der Waals surface area contributed by atoms with E-state index in [1.807, 2.05) is 44.2 Å². The zero-order chi connectivity index (χ0) is 16.4. The second-order valence-corrected chi connectivity index (χ2v) is 5.40. The third-order valence-corrected chi connectivity index (χ3v) is 3.68. The first-order valence-corrected chi connectivity index (χ1v) is 7.39. The van der Waals surface area contributed by atoms with Crippen molar-refractivity contribution in [1.82, 2.24) is 25.3 Å². The van der Waals surface area contributed by atoms with Crippen LogP contribution >= 0.6 is 24.8 Å². The highest BCUT2D eigenvalue weighted by Gasteiger charge is 2.19. The van der Waals surface area contributed by atoms with E-state index in [4.69, 9.17) is 5.73 Å². The minimum absolute atomic E-state index is 0. The lowest BCUT2D eigenvalue weighted by Crippen LogP contribution is -2.38. The first kappa shape index (κ1) is 20.8. The molecule has 2 aromatic heterocycles. The van der Waals surface area contributed by atoms with Crippen molar-refractivity contribution in [2.45, 2.75) is 19.9 Å². The van der Waals surface area contributed by atoms with Gasteiger partial charge in [0, 0.05) is 24.2 Å². The molecule has 0 fully saturated rings. The molecule has 0 saturated carbocycles. The Morgan fingerprint density at radius 2 is 2.00 bits per heavy atom. The van der Waals surface area contributed by atoms with Crippen molar-refractivity contribution in [3.63, 3.8) is 0 Å². The van der Waals surface area contributed by atoms with Crippen LogP contribution in [0.25, 0.3) is 16.6 Å². The number of nitrogens with one attached hydrogen (secondary N) is 1. The second-order valence-electron chi connectivity index (χ2n) is 5.40. The Balaban J connectivity index is 0.00000156. The highest BCUT2D eigenvalue weighted by molar-refractivity contribution is 5.94. The van der Waals surface area contributed by atoms with Crippen LogP contribution < -0.4 is 11.1 Å². The molecule has 0 aliphatic carbocycles. The molecule has 1 atom stereocenters. The minimum Gasteiger partial charge on any atom is -0.347 e.